The van der Waals surface area contributed by atoms with Crippen molar-refractivity contribution in [2.45, 2.75) is 97.5 Å². The van der Waals surface area contributed by atoms with Gasteiger partial charge in [-0.1, -0.05) is 120 Å². The fraction of sp³-hybridized carbons (Fsp3) is 0.457. The number of benzene rings is 3. The Morgan fingerprint density at radius 1 is 0.684 bits per heavy atom. The molecule has 3 aromatic carbocycles. The van der Waals surface area contributed by atoms with Crippen molar-refractivity contribution in [2.75, 3.05) is 6.61 Å². The van der Waals surface area contributed by atoms with Crippen LogP contribution in [0.3, 0.4) is 0 Å². The highest BCUT2D eigenvalue weighted by Crippen LogP contribution is 2.26. The monoisotopic (exact) mass is 514 g/mol. The first-order chi connectivity index (χ1) is 18.6. The van der Waals surface area contributed by atoms with E-state index >= 15 is 0 Å². The standard InChI is InChI=1S/C35H46O3/c1-4-6-8-10-11-15-27-37-28(3)29-19-21-30(22-20-29)31-23-25-33(26-24-31)35(36)38-34-18-14-13-17-32(34)16-12-9-7-5-2/h13-14,17-26,28H,4-12,15-16,27H2,1-3H3. The molecule has 0 aromatic heterocycles. The number of para-hydroxylation sites is 1. The van der Waals surface area contributed by atoms with Gasteiger partial charge in [0.05, 0.1) is 11.7 Å². The molecular formula is C35H46O3. The van der Waals surface area contributed by atoms with E-state index in [1.165, 1.54) is 56.9 Å². The molecule has 0 saturated carbocycles. The lowest BCUT2D eigenvalue weighted by Gasteiger charge is -2.14. The van der Waals surface area contributed by atoms with Crippen LogP contribution in [0, 0.1) is 0 Å². The van der Waals surface area contributed by atoms with Gasteiger partial charge in [-0.15, -0.1) is 0 Å². The molecule has 3 rings (SSSR count). The van der Waals surface area contributed by atoms with Crippen LogP contribution in [0.4, 0.5) is 0 Å². The highest BCUT2D eigenvalue weighted by atomic mass is 16.5. The molecule has 0 bridgehead atoms. The average Bonchev–Trinajstić information content (AvgIpc) is 2.95. The lowest BCUT2D eigenvalue weighted by Crippen LogP contribution is -2.09. The van der Waals surface area contributed by atoms with Crippen molar-refractivity contribution in [3.8, 4) is 16.9 Å². The lowest BCUT2D eigenvalue weighted by molar-refractivity contribution is 0.0627. The highest BCUT2D eigenvalue weighted by Gasteiger charge is 2.12. The van der Waals surface area contributed by atoms with Crippen LogP contribution >= 0.6 is 0 Å². The molecule has 204 valence electrons. The van der Waals surface area contributed by atoms with Gasteiger partial charge in [0.1, 0.15) is 5.75 Å². The topological polar surface area (TPSA) is 35.5 Å². The van der Waals surface area contributed by atoms with E-state index in [0.29, 0.717) is 11.3 Å². The molecule has 0 fully saturated rings. The number of aryl methyl sites for hydroxylation is 1. The molecule has 0 spiro atoms. The molecule has 0 aliphatic carbocycles. The Bertz CT molecular complexity index is 1070. The minimum Gasteiger partial charge on any atom is -0.423 e. The maximum atomic E-state index is 12.8. The largest absolute Gasteiger partial charge is 0.423 e. The van der Waals surface area contributed by atoms with Crippen molar-refractivity contribution in [3.05, 3.63) is 89.5 Å². The molecule has 0 N–H and O–H groups in total. The van der Waals surface area contributed by atoms with Crippen LogP contribution in [0.2, 0.25) is 0 Å². The molecule has 0 aliphatic heterocycles. The van der Waals surface area contributed by atoms with Crippen LogP contribution in [0.25, 0.3) is 11.1 Å². The van der Waals surface area contributed by atoms with E-state index in [-0.39, 0.29) is 12.1 Å². The number of unbranched alkanes of at least 4 members (excludes halogenated alkanes) is 8. The van der Waals surface area contributed by atoms with Crippen LogP contribution < -0.4 is 4.74 Å². The molecule has 3 aromatic rings. The highest BCUT2D eigenvalue weighted by molar-refractivity contribution is 5.91. The zero-order valence-corrected chi connectivity index (χ0v) is 23.7. The van der Waals surface area contributed by atoms with Crippen LogP contribution in [0.1, 0.15) is 113 Å². The summed E-state index contributed by atoms with van der Waals surface area (Å²) in [4.78, 5) is 12.8. The second kappa shape index (κ2) is 16.8. The smallest absolute Gasteiger partial charge is 0.343 e. The molecule has 0 radical (unpaired) electrons. The van der Waals surface area contributed by atoms with Gasteiger partial charge < -0.3 is 9.47 Å². The first kappa shape index (κ1) is 29.6. The Morgan fingerprint density at radius 3 is 1.95 bits per heavy atom. The van der Waals surface area contributed by atoms with Crippen molar-refractivity contribution in [3.63, 3.8) is 0 Å². The molecule has 0 amide bonds. The van der Waals surface area contributed by atoms with E-state index in [0.717, 1.165) is 42.6 Å². The van der Waals surface area contributed by atoms with Crippen molar-refractivity contribution in [1.29, 1.82) is 0 Å². The Kier molecular flexibility index (Phi) is 13.1. The van der Waals surface area contributed by atoms with Gasteiger partial charge in [0.25, 0.3) is 0 Å². The number of ether oxygens (including phenoxy) is 2. The predicted molar refractivity (Wildman–Crippen MR) is 159 cm³/mol. The van der Waals surface area contributed by atoms with Crippen molar-refractivity contribution < 1.29 is 14.3 Å². The van der Waals surface area contributed by atoms with Crippen molar-refractivity contribution in [1.82, 2.24) is 0 Å². The summed E-state index contributed by atoms with van der Waals surface area (Å²) in [6.45, 7) is 7.40. The molecule has 38 heavy (non-hydrogen) atoms. The first-order valence-electron chi connectivity index (χ1n) is 14.7. The third-order valence-electron chi connectivity index (χ3n) is 7.17. The number of carbonyl (C=O) groups excluding carboxylic acids is 1. The Labute approximate surface area is 230 Å². The lowest BCUT2D eigenvalue weighted by atomic mass is 10.0. The summed E-state index contributed by atoms with van der Waals surface area (Å²) in [6, 6.07) is 24.1. The molecule has 1 unspecified atom stereocenters. The minimum atomic E-state index is -0.316. The van der Waals surface area contributed by atoms with Crippen LogP contribution in [-0.2, 0) is 11.2 Å². The molecular weight excluding hydrogens is 468 g/mol. The van der Waals surface area contributed by atoms with E-state index in [1.807, 2.05) is 42.5 Å². The molecule has 3 nitrogen and oxygen atoms in total. The van der Waals surface area contributed by atoms with Crippen molar-refractivity contribution >= 4 is 5.97 Å². The molecule has 1 atom stereocenters. The maximum Gasteiger partial charge on any atom is 0.343 e. The van der Waals surface area contributed by atoms with Crippen LogP contribution in [-0.4, -0.2) is 12.6 Å². The quantitative estimate of drug-likeness (QED) is 0.102. The van der Waals surface area contributed by atoms with Gasteiger partial charge in [0.15, 0.2) is 0 Å². The second-order valence-corrected chi connectivity index (χ2v) is 10.3. The van der Waals surface area contributed by atoms with Gasteiger partial charge in [0, 0.05) is 6.61 Å². The third kappa shape index (κ3) is 9.76. The number of carbonyl (C=O) groups is 1. The zero-order valence-electron chi connectivity index (χ0n) is 23.7. The van der Waals surface area contributed by atoms with Gasteiger partial charge in [-0.05, 0) is 66.6 Å². The summed E-state index contributed by atoms with van der Waals surface area (Å²) < 4.78 is 11.8. The van der Waals surface area contributed by atoms with E-state index in [9.17, 15) is 4.79 Å². The summed E-state index contributed by atoms with van der Waals surface area (Å²) in [5.41, 5.74) is 5.04. The number of hydrogen-bond donors (Lipinski definition) is 0. The molecule has 0 aliphatic rings. The van der Waals surface area contributed by atoms with Gasteiger partial charge in [-0.3, -0.25) is 0 Å². The Morgan fingerprint density at radius 2 is 1.26 bits per heavy atom. The van der Waals surface area contributed by atoms with Crippen molar-refractivity contribution in [2.24, 2.45) is 0 Å². The van der Waals surface area contributed by atoms with Gasteiger partial charge in [-0.2, -0.15) is 0 Å². The average molecular weight is 515 g/mol. The van der Waals surface area contributed by atoms with Gasteiger partial charge >= 0.3 is 5.97 Å². The summed E-state index contributed by atoms with van der Waals surface area (Å²) in [5.74, 6) is 0.353. The molecule has 0 heterocycles. The first-order valence-corrected chi connectivity index (χ1v) is 14.7. The van der Waals surface area contributed by atoms with Gasteiger partial charge in [0.2, 0.25) is 0 Å². The normalized spacial score (nSPS) is 11.9. The molecule has 0 saturated heterocycles. The molecule has 3 heteroatoms. The summed E-state index contributed by atoms with van der Waals surface area (Å²) in [6.07, 6.45) is 13.4. The van der Waals surface area contributed by atoms with Crippen LogP contribution in [0.15, 0.2) is 72.8 Å². The summed E-state index contributed by atoms with van der Waals surface area (Å²) in [5, 5.41) is 0. The fourth-order valence-electron chi connectivity index (χ4n) is 4.70. The predicted octanol–water partition coefficient (Wildman–Crippen LogP) is 10.1. The van der Waals surface area contributed by atoms with Crippen LogP contribution in [0.5, 0.6) is 5.75 Å². The summed E-state index contributed by atoms with van der Waals surface area (Å²) in [7, 11) is 0. The summed E-state index contributed by atoms with van der Waals surface area (Å²) >= 11 is 0. The Hall–Kier alpha value is -2.91. The Balaban J connectivity index is 1.51. The van der Waals surface area contributed by atoms with E-state index in [2.05, 4.69) is 51.1 Å². The number of rotatable bonds is 17. The fourth-order valence-corrected chi connectivity index (χ4v) is 4.70. The minimum absolute atomic E-state index is 0.0892. The number of esters is 1. The number of hydrogen-bond acceptors (Lipinski definition) is 3. The van der Waals surface area contributed by atoms with E-state index in [4.69, 9.17) is 9.47 Å². The van der Waals surface area contributed by atoms with Gasteiger partial charge in [-0.25, -0.2) is 4.79 Å². The SMILES string of the molecule is CCCCCCCCOC(C)c1ccc(-c2ccc(C(=O)Oc3ccccc3CCCCCC)cc2)cc1. The third-order valence-corrected chi connectivity index (χ3v) is 7.17. The second-order valence-electron chi connectivity index (χ2n) is 10.3. The van der Waals surface area contributed by atoms with E-state index in [1.54, 1.807) is 0 Å². The maximum absolute atomic E-state index is 12.8. The van der Waals surface area contributed by atoms with E-state index < -0.39 is 0 Å². The zero-order chi connectivity index (χ0) is 27.0.